The number of fused-ring (bicyclic) bond motifs is 1. The van der Waals surface area contributed by atoms with E-state index >= 15 is 0 Å². The first-order valence-electron chi connectivity index (χ1n) is 14.1. The van der Waals surface area contributed by atoms with Gasteiger partial charge in [-0.1, -0.05) is 33.8 Å². The molecule has 3 aromatic rings. The number of anilines is 2. The van der Waals surface area contributed by atoms with Crippen LogP contribution in [0.15, 0.2) is 53.3 Å². The molecular formula is C32H26BrN7O5. The number of nitrogens with one attached hydrogen (secondary N) is 2. The summed E-state index contributed by atoms with van der Waals surface area (Å²) >= 11 is 3.34. The monoisotopic (exact) mass is 667 g/mol. The second-order valence-electron chi connectivity index (χ2n) is 11.5. The van der Waals surface area contributed by atoms with Crippen molar-refractivity contribution < 1.29 is 24.0 Å². The van der Waals surface area contributed by atoms with Crippen LogP contribution in [0.25, 0.3) is 4.85 Å². The average molecular weight is 669 g/mol. The molecule has 2 aromatic carbocycles. The maximum Gasteiger partial charge on any atom is 0.262 e. The van der Waals surface area contributed by atoms with Crippen molar-refractivity contribution in [3.8, 4) is 11.8 Å². The molecule has 3 aliphatic heterocycles. The third kappa shape index (κ3) is 5.47. The number of benzene rings is 2. The summed E-state index contributed by atoms with van der Waals surface area (Å²) in [5, 5.41) is 9.43. The minimum Gasteiger partial charge on any atom is -0.369 e. The van der Waals surface area contributed by atoms with E-state index in [9.17, 15) is 24.0 Å². The summed E-state index contributed by atoms with van der Waals surface area (Å²) in [6.07, 6.45) is 3.50. The molecule has 45 heavy (non-hydrogen) atoms. The Morgan fingerprint density at radius 2 is 1.87 bits per heavy atom. The number of halogens is 1. The molecule has 3 aliphatic rings. The highest BCUT2D eigenvalue weighted by Gasteiger charge is 2.45. The SMILES string of the molecule is [C-]#[N+]c1ccc(NC(=O)C(C)(C)n2cc(C#CC3CN(c4ccc5c(c4)C(=O)N(C4CCC(=O)NC4=O)C5=O)C3)cn2)cc1Br. The average Bonchev–Trinajstić information content (AvgIpc) is 3.56. The van der Waals surface area contributed by atoms with Crippen molar-refractivity contribution in [1.82, 2.24) is 20.0 Å². The maximum atomic E-state index is 13.1. The van der Waals surface area contributed by atoms with Gasteiger partial charge in [0.15, 0.2) is 0 Å². The third-order valence-corrected chi connectivity index (χ3v) is 8.76. The molecule has 5 amide bonds. The predicted octanol–water partition coefficient (Wildman–Crippen LogP) is 3.46. The van der Waals surface area contributed by atoms with Crippen molar-refractivity contribution >= 4 is 62.5 Å². The molecule has 2 fully saturated rings. The Hall–Kier alpha value is -5.27. The van der Waals surface area contributed by atoms with Gasteiger partial charge < -0.3 is 10.2 Å². The van der Waals surface area contributed by atoms with E-state index in [-0.39, 0.29) is 35.8 Å². The molecule has 0 radical (unpaired) electrons. The molecule has 1 aromatic heterocycles. The molecule has 2 saturated heterocycles. The Balaban J connectivity index is 1.07. The maximum absolute atomic E-state index is 13.1. The zero-order valence-corrected chi connectivity index (χ0v) is 25.8. The molecule has 13 heteroatoms. The van der Waals surface area contributed by atoms with Gasteiger partial charge in [0.1, 0.15) is 11.6 Å². The first-order chi connectivity index (χ1) is 21.5. The lowest BCUT2D eigenvalue weighted by Gasteiger charge is -2.38. The lowest BCUT2D eigenvalue weighted by molar-refractivity contribution is -0.136. The van der Waals surface area contributed by atoms with Crippen LogP contribution in [0.4, 0.5) is 17.1 Å². The van der Waals surface area contributed by atoms with Gasteiger partial charge in [0.2, 0.25) is 17.5 Å². The van der Waals surface area contributed by atoms with Crippen molar-refractivity contribution in [1.29, 1.82) is 0 Å². The Morgan fingerprint density at radius 3 is 2.58 bits per heavy atom. The quantitative estimate of drug-likeness (QED) is 0.241. The second-order valence-corrected chi connectivity index (χ2v) is 12.4. The van der Waals surface area contributed by atoms with Gasteiger partial charge in [0.25, 0.3) is 17.7 Å². The number of nitrogens with zero attached hydrogens (tertiary/aromatic N) is 5. The first kappa shape index (κ1) is 29.8. The number of hydrogen-bond acceptors (Lipinski definition) is 7. The molecule has 4 heterocycles. The molecule has 0 bridgehead atoms. The molecule has 0 saturated carbocycles. The van der Waals surface area contributed by atoms with Crippen LogP contribution in [0.3, 0.4) is 0 Å². The third-order valence-electron chi connectivity index (χ3n) is 8.13. The van der Waals surface area contributed by atoms with Gasteiger partial charge in [-0.25, -0.2) is 4.85 Å². The smallest absolute Gasteiger partial charge is 0.262 e. The van der Waals surface area contributed by atoms with E-state index in [1.807, 2.05) is 4.90 Å². The number of amides is 5. The van der Waals surface area contributed by atoms with E-state index in [0.29, 0.717) is 34.5 Å². The second kappa shape index (κ2) is 11.3. The van der Waals surface area contributed by atoms with Gasteiger partial charge in [-0.05, 0) is 50.6 Å². The van der Waals surface area contributed by atoms with E-state index in [1.54, 1.807) is 67.3 Å². The highest BCUT2D eigenvalue weighted by Crippen LogP contribution is 2.33. The number of rotatable bonds is 5. The summed E-state index contributed by atoms with van der Waals surface area (Å²) in [4.78, 5) is 69.4. The van der Waals surface area contributed by atoms with Crippen LogP contribution >= 0.6 is 15.9 Å². The van der Waals surface area contributed by atoms with Crippen LogP contribution in [0, 0.1) is 24.3 Å². The molecule has 2 N–H and O–H groups in total. The fourth-order valence-corrected chi connectivity index (χ4v) is 5.85. The fourth-order valence-electron chi connectivity index (χ4n) is 5.38. The van der Waals surface area contributed by atoms with Gasteiger partial charge in [-0.2, -0.15) is 5.10 Å². The van der Waals surface area contributed by atoms with Crippen LogP contribution in [-0.2, 0) is 19.9 Å². The lowest BCUT2D eigenvalue weighted by atomic mass is 9.98. The zero-order chi connectivity index (χ0) is 32.0. The van der Waals surface area contributed by atoms with E-state index in [1.165, 1.54) is 0 Å². The highest BCUT2D eigenvalue weighted by atomic mass is 79.9. The lowest BCUT2D eigenvalue weighted by Crippen LogP contribution is -2.54. The number of carbonyl (C=O) groups is 5. The number of imide groups is 2. The van der Waals surface area contributed by atoms with E-state index in [0.717, 1.165) is 10.6 Å². The van der Waals surface area contributed by atoms with E-state index in [4.69, 9.17) is 6.57 Å². The molecule has 6 rings (SSSR count). The molecule has 1 unspecified atom stereocenters. The van der Waals surface area contributed by atoms with E-state index in [2.05, 4.69) is 48.3 Å². The Morgan fingerprint density at radius 1 is 1.11 bits per heavy atom. The van der Waals surface area contributed by atoms with Gasteiger partial charge in [-0.15, -0.1) is 0 Å². The number of aromatic nitrogens is 2. The van der Waals surface area contributed by atoms with E-state index < -0.39 is 35.2 Å². The summed E-state index contributed by atoms with van der Waals surface area (Å²) in [5.41, 5.74) is 1.91. The summed E-state index contributed by atoms with van der Waals surface area (Å²) in [6.45, 7) is 11.9. The normalized spacial score (nSPS) is 18.0. The highest BCUT2D eigenvalue weighted by molar-refractivity contribution is 9.10. The summed E-state index contributed by atoms with van der Waals surface area (Å²) in [5.74, 6) is 4.02. The van der Waals surface area contributed by atoms with Crippen LogP contribution in [-0.4, -0.2) is 63.3 Å². The largest absolute Gasteiger partial charge is 0.369 e. The Labute approximate surface area is 266 Å². The number of piperidine rings is 1. The minimum atomic E-state index is -1.02. The molecule has 0 spiro atoms. The standard InChI is InChI=1S/C32H26BrN7O5/c1-32(2,31(45)36-20-6-9-25(34-3)24(33)12-20)39-17-18(14-35-39)4-5-19-15-38(16-19)21-7-8-22-23(13-21)30(44)40(29(22)43)26-10-11-27(41)37-28(26)42/h6-9,12-14,17,19,26H,10-11,15-16H2,1-2H3,(H,36,45)(H,37,41,42). The molecule has 1 atom stereocenters. The topological polar surface area (TPSA) is 138 Å². The first-order valence-corrected chi connectivity index (χ1v) is 14.9. The molecular weight excluding hydrogens is 642 g/mol. The van der Waals surface area contributed by atoms with Gasteiger partial charge in [0, 0.05) is 41.6 Å². The number of hydrogen-bond donors (Lipinski definition) is 2. The van der Waals surface area contributed by atoms with Crippen molar-refractivity contribution in [2.24, 2.45) is 5.92 Å². The molecule has 12 nitrogen and oxygen atoms in total. The van der Waals surface area contributed by atoms with Gasteiger partial charge in [0.05, 0.1) is 35.4 Å². The van der Waals surface area contributed by atoms with Crippen molar-refractivity contribution in [3.63, 3.8) is 0 Å². The fraction of sp³-hybridized carbons (Fsp3) is 0.281. The summed E-state index contributed by atoms with van der Waals surface area (Å²) in [7, 11) is 0. The summed E-state index contributed by atoms with van der Waals surface area (Å²) < 4.78 is 2.15. The molecule has 0 aliphatic carbocycles. The predicted molar refractivity (Wildman–Crippen MR) is 166 cm³/mol. The number of carbonyl (C=O) groups excluding carboxylic acids is 5. The van der Waals surface area contributed by atoms with Crippen LogP contribution < -0.4 is 15.5 Å². The van der Waals surface area contributed by atoms with Crippen molar-refractivity contribution in [2.75, 3.05) is 23.3 Å². The van der Waals surface area contributed by atoms with Gasteiger partial charge >= 0.3 is 0 Å². The van der Waals surface area contributed by atoms with Gasteiger partial charge in [-0.3, -0.25) is 38.9 Å². The summed E-state index contributed by atoms with van der Waals surface area (Å²) in [6, 6.07) is 9.02. The van der Waals surface area contributed by atoms with Crippen molar-refractivity contribution in [2.45, 2.75) is 38.3 Å². The van der Waals surface area contributed by atoms with Crippen LogP contribution in [0.1, 0.15) is 53.0 Å². The van der Waals surface area contributed by atoms with Crippen LogP contribution in [0.5, 0.6) is 0 Å². The molecule has 226 valence electrons. The van der Waals surface area contributed by atoms with Crippen LogP contribution in [0.2, 0.25) is 0 Å². The minimum absolute atomic E-state index is 0.0621. The van der Waals surface area contributed by atoms with Crippen molar-refractivity contribution in [3.05, 3.63) is 81.4 Å². The Bertz CT molecular complexity index is 1910. The zero-order valence-electron chi connectivity index (χ0n) is 24.3. The Kier molecular flexibility index (Phi) is 7.51.